The molecule has 1 atom stereocenters. The molecule has 1 aromatic carbocycles. The number of amides is 2. The maximum Gasteiger partial charge on any atom is 0.269 e. The van der Waals surface area contributed by atoms with Crippen LogP contribution in [0.25, 0.3) is 0 Å². The molecule has 1 aliphatic rings. The molecule has 0 spiro atoms. The zero-order valence-electron chi connectivity index (χ0n) is 10.7. The zero-order chi connectivity index (χ0) is 14.9. The molecule has 7 heteroatoms. The van der Waals surface area contributed by atoms with E-state index in [1.165, 1.54) is 24.3 Å². The fourth-order valence-corrected chi connectivity index (χ4v) is 2.02. The maximum absolute atomic E-state index is 12.0. The average Bonchev–Trinajstić information content (AvgIpc) is 2.65. The Bertz CT molecular complexity index is 593. The highest BCUT2D eigenvalue weighted by molar-refractivity contribution is 6.08. The van der Waals surface area contributed by atoms with Crippen LogP contribution in [0.3, 0.4) is 0 Å². The van der Waals surface area contributed by atoms with E-state index in [1.807, 2.05) is 0 Å². The first kappa shape index (κ1) is 13.9. The van der Waals surface area contributed by atoms with E-state index in [1.54, 1.807) is 6.92 Å². The third kappa shape index (κ3) is 2.56. The first-order valence-corrected chi connectivity index (χ1v) is 6.02. The SMILES string of the molecule is CC1CC(=O)N(CC(=O)c2ccc([N+](=O)[O-])cc2)C1=O. The average molecular weight is 276 g/mol. The van der Waals surface area contributed by atoms with Crippen molar-refractivity contribution in [3.05, 3.63) is 39.9 Å². The number of hydrogen-bond donors (Lipinski definition) is 0. The summed E-state index contributed by atoms with van der Waals surface area (Å²) in [6.07, 6.45) is 0.117. The van der Waals surface area contributed by atoms with Crippen molar-refractivity contribution >= 4 is 23.3 Å². The van der Waals surface area contributed by atoms with E-state index in [0.717, 1.165) is 4.90 Å². The molecule has 1 heterocycles. The molecule has 1 aromatic rings. The number of carbonyl (C=O) groups excluding carboxylic acids is 3. The van der Waals surface area contributed by atoms with Gasteiger partial charge in [-0.15, -0.1) is 0 Å². The number of carbonyl (C=O) groups is 3. The van der Waals surface area contributed by atoms with Crippen LogP contribution in [-0.2, 0) is 9.59 Å². The van der Waals surface area contributed by atoms with Crippen molar-refractivity contribution in [2.45, 2.75) is 13.3 Å². The summed E-state index contributed by atoms with van der Waals surface area (Å²) >= 11 is 0. The number of nitro benzene ring substituents is 1. The lowest BCUT2D eigenvalue weighted by atomic mass is 10.1. The van der Waals surface area contributed by atoms with E-state index in [-0.39, 0.29) is 36.0 Å². The Morgan fingerprint density at radius 1 is 1.35 bits per heavy atom. The van der Waals surface area contributed by atoms with Crippen molar-refractivity contribution < 1.29 is 19.3 Å². The smallest absolute Gasteiger partial charge is 0.269 e. The minimum absolute atomic E-state index is 0.117. The Kier molecular flexibility index (Phi) is 3.60. The van der Waals surface area contributed by atoms with Crippen LogP contribution in [0.4, 0.5) is 5.69 Å². The fourth-order valence-electron chi connectivity index (χ4n) is 2.02. The van der Waals surface area contributed by atoms with Crippen molar-refractivity contribution in [1.29, 1.82) is 0 Å². The summed E-state index contributed by atoms with van der Waals surface area (Å²) in [5.74, 6) is -1.54. The summed E-state index contributed by atoms with van der Waals surface area (Å²) in [5, 5.41) is 10.5. The number of hydrogen-bond acceptors (Lipinski definition) is 5. The van der Waals surface area contributed by atoms with Crippen molar-refractivity contribution in [3.63, 3.8) is 0 Å². The highest BCUT2D eigenvalue weighted by Crippen LogP contribution is 2.19. The number of ketones is 1. The largest absolute Gasteiger partial charge is 0.292 e. The predicted molar refractivity (Wildman–Crippen MR) is 67.9 cm³/mol. The number of nitro groups is 1. The van der Waals surface area contributed by atoms with Crippen LogP contribution in [0.1, 0.15) is 23.7 Å². The quantitative estimate of drug-likeness (QED) is 0.356. The van der Waals surface area contributed by atoms with Gasteiger partial charge < -0.3 is 0 Å². The van der Waals surface area contributed by atoms with Crippen LogP contribution in [0.2, 0.25) is 0 Å². The number of benzene rings is 1. The highest BCUT2D eigenvalue weighted by Gasteiger charge is 2.36. The molecule has 0 radical (unpaired) electrons. The molecule has 1 saturated heterocycles. The number of imide groups is 1. The third-order valence-electron chi connectivity index (χ3n) is 3.17. The van der Waals surface area contributed by atoms with E-state index in [2.05, 4.69) is 0 Å². The lowest BCUT2D eigenvalue weighted by Gasteiger charge is -2.13. The minimum atomic E-state index is -0.566. The topological polar surface area (TPSA) is 97.6 Å². The van der Waals surface area contributed by atoms with Gasteiger partial charge in [-0.05, 0) is 12.1 Å². The van der Waals surface area contributed by atoms with E-state index < -0.39 is 16.6 Å². The lowest BCUT2D eigenvalue weighted by Crippen LogP contribution is -2.35. The summed E-state index contributed by atoms with van der Waals surface area (Å²) in [5.41, 5.74) is 0.110. The summed E-state index contributed by atoms with van der Waals surface area (Å²) in [7, 11) is 0. The van der Waals surface area contributed by atoms with Gasteiger partial charge in [0.15, 0.2) is 5.78 Å². The van der Waals surface area contributed by atoms with Crippen molar-refractivity contribution in [1.82, 2.24) is 4.90 Å². The van der Waals surface area contributed by atoms with Crippen LogP contribution in [-0.4, -0.2) is 34.0 Å². The first-order chi connectivity index (χ1) is 9.40. The van der Waals surface area contributed by atoms with Crippen molar-refractivity contribution in [2.75, 3.05) is 6.54 Å². The second kappa shape index (κ2) is 5.20. The fraction of sp³-hybridized carbons (Fsp3) is 0.308. The Morgan fingerprint density at radius 2 is 1.95 bits per heavy atom. The molecule has 20 heavy (non-hydrogen) atoms. The molecular formula is C13H12N2O5. The van der Waals surface area contributed by atoms with Crippen LogP contribution < -0.4 is 0 Å². The van der Waals surface area contributed by atoms with E-state index in [9.17, 15) is 24.5 Å². The molecule has 104 valence electrons. The molecule has 1 aliphatic heterocycles. The van der Waals surface area contributed by atoms with Gasteiger partial charge >= 0.3 is 0 Å². The normalized spacial score (nSPS) is 18.4. The van der Waals surface area contributed by atoms with Crippen LogP contribution >= 0.6 is 0 Å². The zero-order valence-corrected chi connectivity index (χ0v) is 10.7. The highest BCUT2D eigenvalue weighted by atomic mass is 16.6. The van der Waals surface area contributed by atoms with Gasteiger partial charge in [-0.25, -0.2) is 0 Å². The Labute approximate surface area is 114 Å². The molecule has 2 amide bonds. The van der Waals surface area contributed by atoms with Gasteiger partial charge in [-0.3, -0.25) is 29.4 Å². The standard InChI is InChI=1S/C13H12N2O5/c1-8-6-12(17)14(13(8)18)7-11(16)9-2-4-10(5-3-9)15(19)20/h2-5,8H,6-7H2,1H3. The predicted octanol–water partition coefficient (Wildman–Crippen LogP) is 1.17. The van der Waals surface area contributed by atoms with Gasteiger partial charge in [0.1, 0.15) is 0 Å². The van der Waals surface area contributed by atoms with E-state index in [0.29, 0.717) is 0 Å². The third-order valence-corrected chi connectivity index (χ3v) is 3.17. The van der Waals surface area contributed by atoms with Gasteiger partial charge in [0.05, 0.1) is 11.5 Å². The summed E-state index contributed by atoms with van der Waals surface area (Å²) in [4.78, 5) is 46.1. The Hall–Kier alpha value is -2.57. The molecule has 2 rings (SSSR count). The van der Waals surface area contributed by atoms with Gasteiger partial charge in [-0.1, -0.05) is 6.92 Å². The number of non-ortho nitro benzene ring substituents is 1. The van der Waals surface area contributed by atoms with Gasteiger partial charge in [-0.2, -0.15) is 0 Å². The Morgan fingerprint density at radius 3 is 2.40 bits per heavy atom. The molecular weight excluding hydrogens is 264 g/mol. The first-order valence-electron chi connectivity index (χ1n) is 6.02. The minimum Gasteiger partial charge on any atom is -0.292 e. The van der Waals surface area contributed by atoms with E-state index >= 15 is 0 Å². The van der Waals surface area contributed by atoms with Crippen LogP contribution in [0.15, 0.2) is 24.3 Å². The molecule has 0 aromatic heterocycles. The molecule has 0 aliphatic carbocycles. The van der Waals surface area contributed by atoms with Crippen molar-refractivity contribution in [3.8, 4) is 0 Å². The van der Waals surface area contributed by atoms with Crippen LogP contribution in [0.5, 0.6) is 0 Å². The van der Waals surface area contributed by atoms with Crippen molar-refractivity contribution in [2.24, 2.45) is 5.92 Å². The molecule has 0 bridgehead atoms. The van der Waals surface area contributed by atoms with Gasteiger partial charge in [0, 0.05) is 30.0 Å². The monoisotopic (exact) mass is 276 g/mol. The van der Waals surface area contributed by atoms with Crippen LogP contribution in [0, 0.1) is 16.0 Å². The number of likely N-dealkylation sites (tertiary alicyclic amines) is 1. The second-order valence-electron chi connectivity index (χ2n) is 4.65. The number of rotatable bonds is 4. The summed E-state index contributed by atoms with van der Waals surface area (Å²) in [6.45, 7) is 1.32. The number of Topliss-reactive ketones (excluding diaryl/α,β-unsaturated/α-hetero) is 1. The molecule has 1 fully saturated rings. The molecule has 0 saturated carbocycles. The Balaban J connectivity index is 2.10. The molecule has 7 nitrogen and oxygen atoms in total. The maximum atomic E-state index is 12.0. The van der Waals surface area contributed by atoms with Gasteiger partial charge in [0.2, 0.25) is 11.8 Å². The second-order valence-corrected chi connectivity index (χ2v) is 4.65. The van der Waals surface area contributed by atoms with E-state index in [4.69, 9.17) is 0 Å². The molecule has 0 N–H and O–H groups in total. The number of nitrogens with zero attached hydrogens (tertiary/aromatic N) is 2. The summed E-state index contributed by atoms with van der Waals surface area (Å²) < 4.78 is 0. The summed E-state index contributed by atoms with van der Waals surface area (Å²) in [6, 6.07) is 5.05. The molecule has 1 unspecified atom stereocenters. The van der Waals surface area contributed by atoms with Gasteiger partial charge in [0.25, 0.3) is 5.69 Å². The lowest BCUT2D eigenvalue weighted by molar-refractivity contribution is -0.384.